The second kappa shape index (κ2) is 7.29. The highest BCUT2D eigenvalue weighted by Crippen LogP contribution is 2.17. The van der Waals surface area contributed by atoms with Crippen LogP contribution in [0.4, 0.5) is 5.82 Å². The molecule has 3 rings (SSSR count). The van der Waals surface area contributed by atoms with Crippen molar-refractivity contribution >= 4 is 17.9 Å². The van der Waals surface area contributed by atoms with Crippen molar-refractivity contribution in [3.05, 3.63) is 41.5 Å². The van der Waals surface area contributed by atoms with Crippen LogP contribution in [0, 0.1) is 0 Å². The molecule has 3 aromatic heterocycles. The first-order valence-electron chi connectivity index (χ1n) is 7.47. The minimum atomic E-state index is -0.491. The number of aromatic nitrogens is 6. The van der Waals surface area contributed by atoms with E-state index in [0.29, 0.717) is 12.1 Å². The van der Waals surface area contributed by atoms with Crippen LogP contribution in [-0.4, -0.2) is 42.4 Å². The Morgan fingerprint density at radius 3 is 2.88 bits per heavy atom. The standard InChI is InChI=1S/C14H15N9O2/c1-2-3-10-11(18-22-23(10)13-12(15)20-25-21-13)14(24)19-17-8-9-4-6-16-7-5-9/h4-8H,2-3H2,1H3,(H2,15,20)(H,19,24)/b17-8+. The van der Waals surface area contributed by atoms with Gasteiger partial charge in [0.05, 0.1) is 11.9 Å². The predicted octanol–water partition coefficient (Wildman–Crippen LogP) is 0.344. The molecule has 3 heterocycles. The molecule has 0 bridgehead atoms. The highest BCUT2D eigenvalue weighted by molar-refractivity contribution is 5.94. The lowest BCUT2D eigenvalue weighted by molar-refractivity contribution is 0.0949. The maximum Gasteiger partial charge on any atom is 0.293 e. The summed E-state index contributed by atoms with van der Waals surface area (Å²) < 4.78 is 5.92. The van der Waals surface area contributed by atoms with Gasteiger partial charge in [0.1, 0.15) is 0 Å². The van der Waals surface area contributed by atoms with Crippen LogP contribution in [0.5, 0.6) is 0 Å². The molecule has 0 spiro atoms. The molecule has 11 heteroatoms. The second-order valence-electron chi connectivity index (χ2n) is 5.00. The highest BCUT2D eigenvalue weighted by atomic mass is 16.6. The highest BCUT2D eigenvalue weighted by Gasteiger charge is 2.23. The van der Waals surface area contributed by atoms with E-state index in [0.717, 1.165) is 12.0 Å². The van der Waals surface area contributed by atoms with Gasteiger partial charge >= 0.3 is 0 Å². The van der Waals surface area contributed by atoms with Crippen LogP contribution in [0.3, 0.4) is 0 Å². The molecule has 0 fully saturated rings. The van der Waals surface area contributed by atoms with Crippen molar-refractivity contribution in [3.8, 4) is 5.82 Å². The normalized spacial score (nSPS) is 11.1. The number of hydrazone groups is 1. The Morgan fingerprint density at radius 1 is 1.40 bits per heavy atom. The quantitative estimate of drug-likeness (QED) is 0.481. The van der Waals surface area contributed by atoms with Crippen molar-refractivity contribution in [1.82, 2.24) is 35.7 Å². The number of nitrogen functional groups attached to an aromatic ring is 1. The minimum Gasteiger partial charge on any atom is -0.378 e. The predicted molar refractivity (Wildman–Crippen MR) is 86.9 cm³/mol. The Hall–Kier alpha value is -3.63. The Kier molecular flexibility index (Phi) is 4.74. The van der Waals surface area contributed by atoms with Gasteiger partial charge in [-0.15, -0.1) is 5.10 Å². The van der Waals surface area contributed by atoms with E-state index in [9.17, 15) is 4.79 Å². The summed E-state index contributed by atoms with van der Waals surface area (Å²) >= 11 is 0. The Balaban J connectivity index is 1.82. The van der Waals surface area contributed by atoms with Gasteiger partial charge in [0, 0.05) is 12.4 Å². The number of nitrogens with one attached hydrogen (secondary N) is 1. The van der Waals surface area contributed by atoms with Gasteiger partial charge in [-0.25, -0.2) is 10.1 Å². The van der Waals surface area contributed by atoms with Crippen molar-refractivity contribution in [3.63, 3.8) is 0 Å². The van der Waals surface area contributed by atoms with E-state index >= 15 is 0 Å². The lowest BCUT2D eigenvalue weighted by atomic mass is 10.2. The van der Waals surface area contributed by atoms with E-state index < -0.39 is 5.91 Å². The Labute approximate surface area is 141 Å². The van der Waals surface area contributed by atoms with Crippen molar-refractivity contribution < 1.29 is 9.42 Å². The third-order valence-electron chi connectivity index (χ3n) is 3.25. The third-order valence-corrected chi connectivity index (χ3v) is 3.25. The molecule has 3 aromatic rings. The van der Waals surface area contributed by atoms with Crippen LogP contribution >= 0.6 is 0 Å². The zero-order chi connectivity index (χ0) is 17.6. The molecule has 25 heavy (non-hydrogen) atoms. The molecule has 0 aliphatic rings. The van der Waals surface area contributed by atoms with Gasteiger partial charge in [-0.05, 0) is 34.4 Å². The van der Waals surface area contributed by atoms with Gasteiger partial charge in [-0.1, -0.05) is 18.6 Å². The second-order valence-corrected chi connectivity index (χ2v) is 5.00. The lowest BCUT2D eigenvalue weighted by Crippen LogP contribution is -2.20. The first kappa shape index (κ1) is 16.2. The molecule has 0 aliphatic carbocycles. The van der Waals surface area contributed by atoms with Gasteiger partial charge in [0.2, 0.25) is 11.6 Å². The molecule has 0 aromatic carbocycles. The zero-order valence-corrected chi connectivity index (χ0v) is 13.3. The fraction of sp³-hybridized carbons (Fsp3) is 0.214. The van der Waals surface area contributed by atoms with Crippen molar-refractivity contribution in [2.45, 2.75) is 19.8 Å². The van der Waals surface area contributed by atoms with E-state index in [2.05, 4.69) is 40.8 Å². The summed E-state index contributed by atoms with van der Waals surface area (Å²) in [5, 5.41) is 18.9. The van der Waals surface area contributed by atoms with E-state index in [-0.39, 0.29) is 17.3 Å². The van der Waals surface area contributed by atoms with Gasteiger partial charge in [-0.3, -0.25) is 9.78 Å². The molecule has 128 valence electrons. The average molecular weight is 341 g/mol. The third kappa shape index (κ3) is 3.49. The summed E-state index contributed by atoms with van der Waals surface area (Å²) in [5.74, 6) is -0.241. The fourth-order valence-electron chi connectivity index (χ4n) is 2.11. The smallest absolute Gasteiger partial charge is 0.293 e. The molecule has 11 nitrogen and oxygen atoms in total. The van der Waals surface area contributed by atoms with Gasteiger partial charge in [0.25, 0.3) is 5.91 Å². The number of carbonyl (C=O) groups is 1. The molecule has 3 N–H and O–H groups in total. The van der Waals surface area contributed by atoms with Crippen LogP contribution in [0.25, 0.3) is 5.82 Å². The number of nitrogens with zero attached hydrogens (tertiary/aromatic N) is 7. The average Bonchev–Trinajstić information content (AvgIpc) is 3.22. The largest absolute Gasteiger partial charge is 0.378 e. The SMILES string of the molecule is CCCc1c(C(=O)N/N=C/c2ccncc2)nnn1-c1nonc1N. The number of anilines is 1. The van der Waals surface area contributed by atoms with Crippen molar-refractivity contribution in [1.29, 1.82) is 0 Å². The van der Waals surface area contributed by atoms with Crippen molar-refractivity contribution in [2.75, 3.05) is 5.73 Å². The first-order valence-corrected chi connectivity index (χ1v) is 7.47. The van der Waals surface area contributed by atoms with Crippen LogP contribution < -0.4 is 11.2 Å². The lowest BCUT2D eigenvalue weighted by Gasteiger charge is -2.03. The zero-order valence-electron chi connectivity index (χ0n) is 13.3. The summed E-state index contributed by atoms with van der Waals surface area (Å²) in [5.41, 5.74) is 9.58. The number of carbonyl (C=O) groups excluding carboxylic acids is 1. The molecule has 1 amide bonds. The summed E-state index contributed by atoms with van der Waals surface area (Å²) in [4.78, 5) is 16.3. The molecule has 0 unspecified atom stereocenters. The van der Waals surface area contributed by atoms with E-state index in [4.69, 9.17) is 5.73 Å². The number of hydrogen-bond donors (Lipinski definition) is 2. The molecular formula is C14H15N9O2. The molecule has 0 atom stereocenters. The Bertz CT molecular complexity index is 885. The summed E-state index contributed by atoms with van der Waals surface area (Å²) in [7, 11) is 0. The maximum atomic E-state index is 12.4. The molecule has 0 saturated carbocycles. The number of hydrogen-bond acceptors (Lipinski definition) is 9. The van der Waals surface area contributed by atoms with Crippen LogP contribution in [0.2, 0.25) is 0 Å². The van der Waals surface area contributed by atoms with E-state index in [1.165, 1.54) is 10.9 Å². The number of pyridine rings is 1. The first-order chi connectivity index (χ1) is 12.2. The monoisotopic (exact) mass is 341 g/mol. The van der Waals surface area contributed by atoms with Crippen LogP contribution in [0.15, 0.2) is 34.3 Å². The van der Waals surface area contributed by atoms with Crippen LogP contribution in [-0.2, 0) is 6.42 Å². The summed E-state index contributed by atoms with van der Waals surface area (Å²) in [6.45, 7) is 1.96. The molecule has 0 radical (unpaired) electrons. The van der Waals surface area contributed by atoms with Gasteiger partial charge in [0.15, 0.2) is 5.69 Å². The number of nitrogens with two attached hydrogens (primary N) is 1. The maximum absolute atomic E-state index is 12.4. The molecule has 0 saturated heterocycles. The fourth-order valence-corrected chi connectivity index (χ4v) is 2.11. The summed E-state index contributed by atoms with van der Waals surface area (Å²) in [6, 6.07) is 3.52. The van der Waals surface area contributed by atoms with Crippen LogP contribution in [0.1, 0.15) is 35.1 Å². The topological polar surface area (TPSA) is 150 Å². The molecule has 0 aliphatic heterocycles. The van der Waals surface area contributed by atoms with E-state index in [1.54, 1.807) is 24.5 Å². The van der Waals surface area contributed by atoms with Gasteiger partial charge in [-0.2, -0.15) is 9.78 Å². The van der Waals surface area contributed by atoms with E-state index in [1.807, 2.05) is 6.92 Å². The Morgan fingerprint density at radius 2 is 2.20 bits per heavy atom. The minimum absolute atomic E-state index is 0.0601. The molecular weight excluding hydrogens is 326 g/mol. The summed E-state index contributed by atoms with van der Waals surface area (Å²) in [6.07, 6.45) is 6.06. The van der Waals surface area contributed by atoms with Crippen molar-refractivity contribution in [2.24, 2.45) is 5.10 Å². The number of amides is 1. The number of rotatable bonds is 6. The van der Waals surface area contributed by atoms with Gasteiger partial charge < -0.3 is 5.73 Å².